The summed E-state index contributed by atoms with van der Waals surface area (Å²) in [6.45, 7) is 0. The molecule has 30 heavy (non-hydrogen) atoms. The second-order valence-electron chi connectivity index (χ2n) is 9.65. The van der Waals surface area contributed by atoms with E-state index in [1.807, 2.05) is 0 Å². The van der Waals surface area contributed by atoms with Crippen molar-refractivity contribution in [3.05, 3.63) is 52.5 Å². The summed E-state index contributed by atoms with van der Waals surface area (Å²) < 4.78 is 5.20. The maximum atomic E-state index is 13.1. The van der Waals surface area contributed by atoms with Gasteiger partial charge in [-0.05, 0) is 92.7 Å². The van der Waals surface area contributed by atoms with E-state index in [1.165, 1.54) is 55.6 Å². The van der Waals surface area contributed by atoms with Crippen molar-refractivity contribution in [1.29, 1.82) is 0 Å². The molecule has 5 heteroatoms. The molecule has 0 amide bonds. The summed E-state index contributed by atoms with van der Waals surface area (Å²) in [6, 6.07) is 11.5. The van der Waals surface area contributed by atoms with Crippen LogP contribution in [0.4, 0.5) is 5.69 Å². The number of nitrogen functional groups attached to an aromatic ring is 1. The Hall–Kier alpha value is -2.40. The fourth-order valence-corrected chi connectivity index (χ4v) is 7.81. The third-order valence-corrected chi connectivity index (χ3v) is 8.85. The normalized spacial score (nSPS) is 29.4. The Morgan fingerprint density at radius 2 is 1.67 bits per heavy atom. The lowest BCUT2D eigenvalue weighted by atomic mass is 9.49. The van der Waals surface area contributed by atoms with E-state index in [2.05, 4.69) is 12.1 Å². The molecule has 0 unspecified atom stereocenters. The summed E-state index contributed by atoms with van der Waals surface area (Å²) in [6.07, 6.45) is 8.14. The highest BCUT2D eigenvalue weighted by molar-refractivity contribution is 7.21. The van der Waals surface area contributed by atoms with Crippen molar-refractivity contribution in [3.63, 3.8) is 0 Å². The number of nitrogens with two attached hydrogens (primary N) is 1. The van der Waals surface area contributed by atoms with Crippen LogP contribution in [-0.4, -0.2) is 17.9 Å². The number of hydrogen-bond donors (Lipinski definition) is 1. The maximum Gasteiger partial charge on any atom is 0.205 e. The molecule has 4 nitrogen and oxygen atoms in total. The lowest BCUT2D eigenvalue weighted by Crippen LogP contribution is -2.48. The number of ether oxygens (including phenoxy) is 1. The van der Waals surface area contributed by atoms with Crippen molar-refractivity contribution < 1.29 is 9.53 Å². The van der Waals surface area contributed by atoms with Crippen LogP contribution in [0.15, 0.2) is 36.4 Å². The Bertz CT molecular complexity index is 1110. The van der Waals surface area contributed by atoms with Crippen molar-refractivity contribution >= 4 is 33.0 Å². The Morgan fingerprint density at radius 3 is 2.27 bits per heavy atom. The molecule has 4 saturated carbocycles. The lowest BCUT2D eigenvalue weighted by molar-refractivity contribution is -0.00704. The molecule has 4 fully saturated rings. The van der Waals surface area contributed by atoms with Crippen molar-refractivity contribution in [2.75, 3.05) is 12.8 Å². The van der Waals surface area contributed by atoms with E-state index in [-0.39, 0.29) is 11.2 Å². The molecule has 0 spiro atoms. The minimum absolute atomic E-state index is 0.0468. The number of pyridine rings is 1. The summed E-state index contributed by atoms with van der Waals surface area (Å²) in [5, 5.41) is 0.908. The zero-order chi connectivity index (χ0) is 20.5. The smallest absolute Gasteiger partial charge is 0.205 e. The zero-order valence-corrected chi connectivity index (χ0v) is 18.0. The number of hydrogen-bond acceptors (Lipinski definition) is 5. The molecule has 2 heterocycles. The highest BCUT2D eigenvalue weighted by Gasteiger charge is 2.52. The largest absolute Gasteiger partial charge is 0.497 e. The zero-order valence-electron chi connectivity index (χ0n) is 17.2. The summed E-state index contributed by atoms with van der Waals surface area (Å²) in [7, 11) is 1.62. The van der Waals surface area contributed by atoms with E-state index < -0.39 is 0 Å². The molecular formula is C25H26N2O2S. The van der Waals surface area contributed by atoms with Crippen LogP contribution in [0.1, 0.15) is 59.5 Å². The average molecular weight is 419 g/mol. The molecule has 2 N–H and O–H groups in total. The topological polar surface area (TPSA) is 65.2 Å². The fraction of sp³-hybridized carbons (Fsp3) is 0.440. The average Bonchev–Trinajstić information content (AvgIpc) is 3.08. The molecule has 7 rings (SSSR count). The first-order valence-electron chi connectivity index (χ1n) is 10.9. The van der Waals surface area contributed by atoms with Gasteiger partial charge in [0.25, 0.3) is 0 Å². The van der Waals surface area contributed by atoms with Gasteiger partial charge in [-0.3, -0.25) is 4.79 Å². The third-order valence-electron chi connectivity index (χ3n) is 7.73. The van der Waals surface area contributed by atoms with Crippen LogP contribution in [0.2, 0.25) is 0 Å². The standard InChI is InChI=1S/C25H26N2O2S/c1-29-18-4-2-17(3-5-18)22(28)23-21(26)19-6-7-20(27-24(19)30-23)25-11-14-8-15(12-25)10-16(9-14)13-25/h2-7,14-16H,8-13,26H2,1H3. The molecule has 4 aliphatic rings. The number of carbonyl (C=O) groups excluding carboxylic acids is 1. The Kier molecular flexibility index (Phi) is 4.01. The molecule has 0 atom stereocenters. The molecule has 4 bridgehead atoms. The first-order chi connectivity index (χ1) is 14.5. The number of thiophene rings is 1. The van der Waals surface area contributed by atoms with Crippen LogP contribution in [0.5, 0.6) is 5.75 Å². The van der Waals surface area contributed by atoms with Crippen LogP contribution >= 0.6 is 11.3 Å². The number of anilines is 1. The third kappa shape index (κ3) is 2.71. The van der Waals surface area contributed by atoms with Gasteiger partial charge >= 0.3 is 0 Å². The number of methoxy groups -OCH3 is 1. The van der Waals surface area contributed by atoms with Gasteiger partial charge in [-0.25, -0.2) is 4.98 Å². The van der Waals surface area contributed by atoms with Gasteiger partial charge in [-0.15, -0.1) is 11.3 Å². The molecule has 3 aromatic rings. The van der Waals surface area contributed by atoms with Gasteiger partial charge in [0, 0.05) is 22.1 Å². The van der Waals surface area contributed by atoms with Gasteiger partial charge in [0.2, 0.25) is 5.78 Å². The van der Waals surface area contributed by atoms with Crippen molar-refractivity contribution in [2.24, 2.45) is 17.8 Å². The number of nitrogens with zero attached hydrogens (tertiary/aromatic N) is 1. The summed E-state index contributed by atoms with van der Waals surface area (Å²) >= 11 is 1.44. The molecule has 1 aromatic carbocycles. The van der Waals surface area contributed by atoms with Crippen LogP contribution in [0.3, 0.4) is 0 Å². The van der Waals surface area contributed by atoms with Gasteiger partial charge in [-0.2, -0.15) is 0 Å². The van der Waals surface area contributed by atoms with Crippen LogP contribution in [0.25, 0.3) is 10.2 Å². The molecule has 2 aromatic heterocycles. The molecule has 4 aliphatic carbocycles. The van der Waals surface area contributed by atoms with E-state index in [4.69, 9.17) is 15.5 Å². The first-order valence-corrected chi connectivity index (χ1v) is 11.7. The van der Waals surface area contributed by atoms with E-state index in [0.29, 0.717) is 16.1 Å². The van der Waals surface area contributed by atoms with Crippen molar-refractivity contribution in [1.82, 2.24) is 4.98 Å². The number of fused-ring (bicyclic) bond motifs is 1. The second kappa shape index (κ2) is 6.55. The van der Waals surface area contributed by atoms with Crippen molar-refractivity contribution in [3.8, 4) is 5.75 Å². The molecule has 0 aliphatic heterocycles. The van der Waals surface area contributed by atoms with Gasteiger partial charge in [-0.1, -0.05) is 0 Å². The highest BCUT2D eigenvalue weighted by Crippen LogP contribution is 2.60. The Balaban J connectivity index is 1.38. The number of benzene rings is 1. The molecule has 0 saturated heterocycles. The summed E-state index contributed by atoms with van der Waals surface area (Å²) in [5.74, 6) is 3.34. The second-order valence-corrected chi connectivity index (χ2v) is 10.6. The van der Waals surface area contributed by atoms with Crippen LogP contribution in [-0.2, 0) is 5.41 Å². The Labute approximate surface area is 180 Å². The van der Waals surface area contributed by atoms with E-state index in [0.717, 1.165) is 33.7 Å². The van der Waals surface area contributed by atoms with Gasteiger partial charge in [0.1, 0.15) is 15.5 Å². The number of aromatic nitrogens is 1. The van der Waals surface area contributed by atoms with E-state index >= 15 is 0 Å². The fourth-order valence-electron chi connectivity index (χ4n) is 6.76. The molecular weight excluding hydrogens is 392 g/mol. The van der Waals surface area contributed by atoms with Gasteiger partial charge < -0.3 is 10.5 Å². The van der Waals surface area contributed by atoms with Crippen LogP contribution < -0.4 is 10.5 Å². The summed E-state index contributed by atoms with van der Waals surface area (Å²) in [4.78, 5) is 19.7. The highest BCUT2D eigenvalue weighted by atomic mass is 32.1. The molecule has 154 valence electrons. The van der Waals surface area contributed by atoms with E-state index in [9.17, 15) is 4.79 Å². The first kappa shape index (κ1) is 18.4. The molecule has 0 radical (unpaired) electrons. The predicted molar refractivity (Wildman–Crippen MR) is 120 cm³/mol. The minimum Gasteiger partial charge on any atom is -0.497 e. The number of carbonyl (C=O) groups is 1. The number of rotatable bonds is 4. The quantitative estimate of drug-likeness (QED) is 0.561. The van der Waals surface area contributed by atoms with Crippen LogP contribution in [0, 0.1) is 17.8 Å². The lowest BCUT2D eigenvalue weighted by Gasteiger charge is -2.56. The number of ketones is 1. The SMILES string of the molecule is COc1ccc(C(=O)c2sc3nc(C45CC6CC(CC(C6)C4)C5)ccc3c2N)cc1. The monoisotopic (exact) mass is 418 g/mol. The van der Waals surface area contributed by atoms with Crippen molar-refractivity contribution in [2.45, 2.75) is 43.9 Å². The van der Waals surface area contributed by atoms with E-state index in [1.54, 1.807) is 31.4 Å². The minimum atomic E-state index is -0.0468. The Morgan fingerprint density at radius 1 is 1.03 bits per heavy atom. The summed E-state index contributed by atoms with van der Waals surface area (Å²) in [5.41, 5.74) is 9.08. The predicted octanol–water partition coefficient (Wildman–Crippen LogP) is 5.59. The maximum absolute atomic E-state index is 13.1. The van der Waals surface area contributed by atoms with Gasteiger partial charge in [0.15, 0.2) is 0 Å². The van der Waals surface area contributed by atoms with Gasteiger partial charge in [0.05, 0.1) is 12.8 Å².